The molecule has 0 N–H and O–H groups in total. The van der Waals surface area contributed by atoms with Gasteiger partial charge in [-0.15, -0.1) is 0 Å². The Morgan fingerprint density at radius 3 is 1.88 bits per heavy atom. The van der Waals surface area contributed by atoms with Gasteiger partial charge in [-0.2, -0.15) is 0 Å². The minimum absolute atomic E-state index is 0.0433. The van der Waals surface area contributed by atoms with Gasteiger partial charge in [-0.3, -0.25) is 0 Å². The Hall–Kier alpha value is -3.11. The first-order valence-corrected chi connectivity index (χ1v) is 16.1. The smallest absolute Gasteiger partial charge is 0.330 e. The fraction of sp³-hybridized carbons (Fsp3) is 0.378. The van der Waals surface area contributed by atoms with E-state index >= 15 is 0 Å². The molecule has 0 heterocycles. The number of carbonyl (C=O) groups is 3. The van der Waals surface area contributed by atoms with E-state index in [0.29, 0.717) is 29.4 Å². The summed E-state index contributed by atoms with van der Waals surface area (Å²) < 4.78 is 10.4. The summed E-state index contributed by atoms with van der Waals surface area (Å²) in [5, 5.41) is 0. The Balaban J connectivity index is 0.000000304. The van der Waals surface area contributed by atoms with Gasteiger partial charge in [0.25, 0.3) is 0 Å². The fourth-order valence-electron chi connectivity index (χ4n) is 4.19. The van der Waals surface area contributed by atoms with Crippen molar-refractivity contribution in [3.63, 3.8) is 0 Å². The summed E-state index contributed by atoms with van der Waals surface area (Å²) in [6, 6.07) is 22.4. The van der Waals surface area contributed by atoms with Crippen molar-refractivity contribution in [3.05, 3.63) is 107 Å². The maximum absolute atomic E-state index is 12.3. The first-order chi connectivity index (χ1) is 20.5. The average Bonchev–Trinajstić information content (AvgIpc) is 3.00. The Kier molecular flexibility index (Phi) is 15.6. The molecule has 3 rings (SSSR count). The van der Waals surface area contributed by atoms with Crippen molar-refractivity contribution >= 4 is 23.6 Å². The molecule has 3 aromatic rings. The standard InChI is InChI=1S/C19H19AtO3.C18H26O2/c1-19(2,3)15-8-4-13(5-9-15)17(21)12-18(22)14-6-10-16(23-20)11-7-14;1-4-6-7-16(5-2)14-20-18(19)13-12-17-10-8-15(3)9-11-17/h4-11H,12H2,1-3H3;8-13,16H,4-7,14H2,1-3H3/b;13-12+. The van der Waals surface area contributed by atoms with E-state index in [2.05, 4.69) is 34.6 Å². The minimum Gasteiger partial charge on any atom is -0.462 e. The molecule has 0 spiro atoms. The number of benzene rings is 3. The van der Waals surface area contributed by atoms with E-state index in [1.807, 2.05) is 43.3 Å². The van der Waals surface area contributed by atoms with Crippen LogP contribution < -0.4 is 2.81 Å². The molecule has 1 atom stereocenters. The summed E-state index contributed by atoms with van der Waals surface area (Å²) in [7, 11) is 0. The van der Waals surface area contributed by atoms with Crippen LogP contribution in [0.15, 0.2) is 78.9 Å². The number of rotatable bonds is 13. The van der Waals surface area contributed by atoms with Crippen molar-refractivity contribution in [2.75, 3.05) is 6.61 Å². The number of hydrogen-bond donors (Lipinski definition) is 0. The predicted molar refractivity (Wildman–Crippen MR) is 170 cm³/mol. The van der Waals surface area contributed by atoms with Crippen molar-refractivity contribution in [2.24, 2.45) is 5.92 Å². The summed E-state index contributed by atoms with van der Waals surface area (Å²) in [6.07, 6.45) is 7.79. The number of carbonyl (C=O) groups excluding carboxylic acids is 3. The Morgan fingerprint density at radius 1 is 0.837 bits per heavy atom. The van der Waals surface area contributed by atoms with E-state index in [4.69, 9.17) is 7.55 Å². The molecular formula is C37H45AtO5. The summed E-state index contributed by atoms with van der Waals surface area (Å²) in [4.78, 5) is 36.1. The zero-order chi connectivity index (χ0) is 31.8. The number of Topliss-reactive ketones (excluding diaryl/α,β-unsaturated/α-hetero) is 2. The van der Waals surface area contributed by atoms with Crippen LogP contribution in [0.1, 0.15) is 104 Å². The molecule has 0 aliphatic carbocycles. The van der Waals surface area contributed by atoms with Crippen LogP contribution in [0.3, 0.4) is 0 Å². The average molecular weight is 780 g/mol. The van der Waals surface area contributed by atoms with Crippen molar-refractivity contribution in [2.45, 2.75) is 79.1 Å². The van der Waals surface area contributed by atoms with Gasteiger partial charge < -0.3 is 4.74 Å². The van der Waals surface area contributed by atoms with Crippen LogP contribution in [-0.4, -0.2) is 24.1 Å². The first kappa shape index (κ1) is 36.1. The Bertz CT molecular complexity index is 1320. The van der Waals surface area contributed by atoms with Gasteiger partial charge in [-0.1, -0.05) is 83.7 Å². The van der Waals surface area contributed by atoms with E-state index in [1.54, 1.807) is 42.5 Å². The van der Waals surface area contributed by atoms with Gasteiger partial charge in [0, 0.05) is 6.08 Å². The summed E-state index contributed by atoms with van der Waals surface area (Å²) >= 11 is 1.19. The van der Waals surface area contributed by atoms with Crippen LogP contribution in [0.5, 0.6) is 5.75 Å². The third-order valence-electron chi connectivity index (χ3n) is 7.15. The molecule has 0 aromatic heterocycles. The molecular weight excluding hydrogens is 734 g/mol. The number of unbranched alkanes of at least 4 members (excludes halogenated alkanes) is 1. The van der Waals surface area contributed by atoms with E-state index in [9.17, 15) is 14.4 Å². The number of ketones is 2. The van der Waals surface area contributed by atoms with Crippen LogP contribution in [0.25, 0.3) is 6.08 Å². The fourth-order valence-corrected chi connectivity index (χ4v) is 4.59. The molecule has 0 saturated carbocycles. The molecule has 0 saturated heterocycles. The zero-order valence-corrected chi connectivity index (χ0v) is 29.3. The zero-order valence-electron chi connectivity index (χ0n) is 26.3. The third kappa shape index (κ3) is 13.4. The summed E-state index contributed by atoms with van der Waals surface area (Å²) in [5.74, 6) is 0.617. The number of hydrogen-bond acceptors (Lipinski definition) is 5. The number of esters is 1. The molecule has 6 heteroatoms. The molecule has 0 aliphatic heterocycles. The second kappa shape index (κ2) is 18.5. The van der Waals surface area contributed by atoms with Gasteiger partial charge in [-0.05, 0) is 36.3 Å². The van der Waals surface area contributed by atoms with E-state index in [-0.39, 0.29) is 29.4 Å². The monoisotopic (exact) mass is 779 g/mol. The largest absolute Gasteiger partial charge is 0.462 e. The normalized spacial score (nSPS) is 11.8. The Morgan fingerprint density at radius 2 is 1.40 bits per heavy atom. The van der Waals surface area contributed by atoms with Gasteiger partial charge in [0.2, 0.25) is 0 Å². The molecule has 3 aromatic carbocycles. The van der Waals surface area contributed by atoms with E-state index < -0.39 is 0 Å². The predicted octanol–water partition coefficient (Wildman–Crippen LogP) is 9.05. The maximum atomic E-state index is 12.3. The number of ether oxygens (including phenoxy) is 1. The topological polar surface area (TPSA) is 69.7 Å². The molecule has 0 amide bonds. The summed E-state index contributed by atoms with van der Waals surface area (Å²) in [5.41, 5.74) is 4.54. The van der Waals surface area contributed by atoms with Gasteiger partial charge in [0.15, 0.2) is 0 Å². The molecule has 1 unspecified atom stereocenters. The molecule has 0 fully saturated rings. The SMILES string of the molecule is CC(C)(C)c1ccc(C(=O)CC(=O)c2ccc(O[At])cc2)cc1.CCCCC(CC)COC(=O)/C=C/c1ccc(C)cc1. The van der Waals surface area contributed by atoms with E-state index in [0.717, 1.165) is 24.0 Å². The van der Waals surface area contributed by atoms with E-state index in [1.165, 1.54) is 49.6 Å². The van der Waals surface area contributed by atoms with Crippen molar-refractivity contribution in [1.29, 1.82) is 0 Å². The van der Waals surface area contributed by atoms with Gasteiger partial charge in [0.05, 0.1) is 6.61 Å². The second-order valence-corrected chi connectivity index (χ2v) is 12.3. The van der Waals surface area contributed by atoms with Crippen molar-refractivity contribution in [3.8, 4) is 5.75 Å². The third-order valence-corrected chi connectivity index (χ3v) is 7.85. The first-order valence-electron chi connectivity index (χ1n) is 14.9. The van der Waals surface area contributed by atoms with Crippen LogP contribution in [0, 0.1) is 38.0 Å². The van der Waals surface area contributed by atoms with Gasteiger partial charge >= 0.3 is 132 Å². The molecule has 0 radical (unpaired) electrons. The minimum atomic E-state index is -0.250. The molecule has 0 aliphatic rings. The summed E-state index contributed by atoms with van der Waals surface area (Å²) in [6.45, 7) is 13.3. The van der Waals surface area contributed by atoms with Gasteiger partial charge in [-0.25, -0.2) is 4.79 Å². The Labute approximate surface area is 273 Å². The van der Waals surface area contributed by atoms with Crippen LogP contribution in [-0.2, 0) is 14.9 Å². The maximum Gasteiger partial charge on any atom is 0.330 e. The van der Waals surface area contributed by atoms with Crippen molar-refractivity contribution < 1.29 is 47.1 Å². The van der Waals surface area contributed by atoms with Crippen LogP contribution in [0.2, 0.25) is 0 Å². The molecule has 5 nitrogen and oxygen atoms in total. The van der Waals surface area contributed by atoms with Crippen molar-refractivity contribution in [1.82, 2.24) is 0 Å². The van der Waals surface area contributed by atoms with Gasteiger partial charge in [0.1, 0.15) is 0 Å². The van der Waals surface area contributed by atoms with Crippen LogP contribution in [0.4, 0.5) is 0 Å². The quantitative estimate of drug-likeness (QED) is 0.0750. The molecule has 230 valence electrons. The number of aryl methyl sites for hydroxylation is 1. The second-order valence-electron chi connectivity index (χ2n) is 11.7. The molecule has 0 bridgehead atoms. The molecule has 43 heavy (non-hydrogen) atoms. The van der Waals surface area contributed by atoms with Crippen LogP contribution >= 0.6 is 0 Å².